The van der Waals surface area contributed by atoms with E-state index in [1.54, 1.807) is 7.11 Å². The number of nitrogens with zero attached hydrogens (tertiary/aromatic N) is 2. The second kappa shape index (κ2) is 7.92. The van der Waals surface area contributed by atoms with Crippen LogP contribution in [0.25, 0.3) is 0 Å². The highest BCUT2D eigenvalue weighted by atomic mass is 32.2. The van der Waals surface area contributed by atoms with Gasteiger partial charge in [0.15, 0.2) is 0 Å². The number of methoxy groups -OCH3 is 1. The van der Waals surface area contributed by atoms with E-state index in [4.69, 9.17) is 4.74 Å². The third-order valence-electron chi connectivity index (χ3n) is 3.44. The van der Waals surface area contributed by atoms with Gasteiger partial charge in [0.05, 0.1) is 0 Å². The maximum atomic E-state index is 11.9. The highest BCUT2D eigenvalue weighted by molar-refractivity contribution is 7.86. The minimum absolute atomic E-state index is 0.0167. The molecule has 1 heterocycles. The molecular formula is C12H25N3O4S. The predicted octanol–water partition coefficient (Wildman–Crippen LogP) is -0.342. The number of carbonyl (C=O) groups excluding carboxylic acids is 1. The number of hydrogen-bond acceptors (Lipinski definition) is 4. The van der Waals surface area contributed by atoms with Gasteiger partial charge in [0, 0.05) is 53.4 Å². The summed E-state index contributed by atoms with van der Waals surface area (Å²) in [5.74, 6) is -0.0749. The fraction of sp³-hybridized carbons (Fsp3) is 0.917. The molecule has 0 unspecified atom stereocenters. The molecule has 0 saturated carbocycles. The molecule has 0 spiro atoms. The van der Waals surface area contributed by atoms with Crippen molar-refractivity contribution < 1.29 is 17.9 Å². The lowest BCUT2D eigenvalue weighted by Crippen LogP contribution is -2.46. The van der Waals surface area contributed by atoms with E-state index in [1.807, 2.05) is 0 Å². The van der Waals surface area contributed by atoms with Crippen LogP contribution in [0.5, 0.6) is 0 Å². The average molecular weight is 307 g/mol. The molecule has 0 radical (unpaired) electrons. The molecule has 1 aliphatic rings. The van der Waals surface area contributed by atoms with Gasteiger partial charge in [-0.05, 0) is 19.3 Å². The molecule has 0 aromatic carbocycles. The normalized spacial score (nSPS) is 18.4. The van der Waals surface area contributed by atoms with Crippen LogP contribution in [0.15, 0.2) is 0 Å². The van der Waals surface area contributed by atoms with E-state index in [9.17, 15) is 13.2 Å². The van der Waals surface area contributed by atoms with E-state index in [2.05, 4.69) is 5.32 Å². The zero-order chi connectivity index (χ0) is 15.2. The van der Waals surface area contributed by atoms with Crippen molar-refractivity contribution in [3.63, 3.8) is 0 Å². The van der Waals surface area contributed by atoms with Crippen molar-refractivity contribution >= 4 is 16.1 Å². The van der Waals surface area contributed by atoms with E-state index in [0.717, 1.165) is 6.42 Å². The number of amides is 1. The molecule has 1 amide bonds. The van der Waals surface area contributed by atoms with Gasteiger partial charge >= 0.3 is 0 Å². The number of ether oxygens (including phenoxy) is 1. The molecule has 1 fully saturated rings. The van der Waals surface area contributed by atoms with Crippen molar-refractivity contribution in [3.8, 4) is 0 Å². The summed E-state index contributed by atoms with van der Waals surface area (Å²) in [4.78, 5) is 11.9. The average Bonchev–Trinajstić information content (AvgIpc) is 2.43. The number of piperidine rings is 1. The summed E-state index contributed by atoms with van der Waals surface area (Å²) >= 11 is 0. The molecule has 8 heteroatoms. The Kier molecular flexibility index (Phi) is 6.87. The minimum atomic E-state index is -3.35. The second-order valence-electron chi connectivity index (χ2n) is 5.10. The third-order valence-corrected chi connectivity index (χ3v) is 5.38. The SMILES string of the molecule is COCCCNC(=O)C1CCN(S(=O)(=O)N(C)C)CC1. The molecule has 1 rings (SSSR count). The van der Waals surface area contributed by atoms with E-state index in [1.165, 1.54) is 22.7 Å². The van der Waals surface area contributed by atoms with Crippen molar-refractivity contribution in [2.45, 2.75) is 19.3 Å². The summed E-state index contributed by atoms with van der Waals surface area (Å²) in [5, 5.41) is 2.87. The lowest BCUT2D eigenvalue weighted by atomic mass is 9.97. The van der Waals surface area contributed by atoms with Gasteiger partial charge in [-0.3, -0.25) is 4.79 Å². The second-order valence-corrected chi connectivity index (χ2v) is 7.24. The first-order valence-electron chi connectivity index (χ1n) is 6.84. The maximum absolute atomic E-state index is 11.9. The standard InChI is InChI=1S/C12H25N3O4S/c1-14(2)20(17,18)15-8-5-11(6-9-15)12(16)13-7-4-10-19-3/h11H,4-10H2,1-3H3,(H,13,16). The summed E-state index contributed by atoms with van der Waals surface area (Å²) < 4.78 is 31.4. The van der Waals surface area contributed by atoms with Crippen LogP contribution in [0.2, 0.25) is 0 Å². The van der Waals surface area contributed by atoms with Gasteiger partial charge in [0.25, 0.3) is 10.2 Å². The largest absolute Gasteiger partial charge is 0.385 e. The predicted molar refractivity (Wildman–Crippen MR) is 76.4 cm³/mol. The van der Waals surface area contributed by atoms with Gasteiger partial charge in [-0.25, -0.2) is 0 Å². The van der Waals surface area contributed by atoms with Crippen LogP contribution in [0.1, 0.15) is 19.3 Å². The monoisotopic (exact) mass is 307 g/mol. The summed E-state index contributed by atoms with van der Waals surface area (Å²) in [5.41, 5.74) is 0. The molecule has 0 aromatic heterocycles. The van der Waals surface area contributed by atoms with E-state index in [-0.39, 0.29) is 11.8 Å². The Morgan fingerprint density at radius 3 is 2.45 bits per heavy atom. The first-order chi connectivity index (χ1) is 9.39. The van der Waals surface area contributed by atoms with Crippen molar-refractivity contribution in [2.24, 2.45) is 5.92 Å². The van der Waals surface area contributed by atoms with Crippen LogP contribution in [0.3, 0.4) is 0 Å². The maximum Gasteiger partial charge on any atom is 0.281 e. The smallest absolute Gasteiger partial charge is 0.281 e. The molecule has 20 heavy (non-hydrogen) atoms. The first kappa shape index (κ1) is 17.4. The van der Waals surface area contributed by atoms with Gasteiger partial charge in [-0.1, -0.05) is 0 Å². The molecule has 1 saturated heterocycles. The summed E-state index contributed by atoms with van der Waals surface area (Å²) in [6.45, 7) is 2.02. The zero-order valence-corrected chi connectivity index (χ0v) is 13.3. The Bertz CT molecular complexity index is 403. The lowest BCUT2D eigenvalue weighted by Gasteiger charge is -2.32. The third kappa shape index (κ3) is 4.69. The number of carbonyl (C=O) groups is 1. The quantitative estimate of drug-likeness (QED) is 0.653. The van der Waals surface area contributed by atoms with Crippen LogP contribution >= 0.6 is 0 Å². The highest BCUT2D eigenvalue weighted by Crippen LogP contribution is 2.20. The topological polar surface area (TPSA) is 79.0 Å². The van der Waals surface area contributed by atoms with E-state index in [0.29, 0.717) is 39.1 Å². The number of rotatable bonds is 7. The molecule has 118 valence electrons. The molecule has 1 N–H and O–H groups in total. The van der Waals surface area contributed by atoms with Gasteiger partial charge in [0.2, 0.25) is 5.91 Å². The Balaban J connectivity index is 2.37. The fourth-order valence-corrected chi connectivity index (χ4v) is 3.29. The van der Waals surface area contributed by atoms with Gasteiger partial charge in [-0.2, -0.15) is 17.0 Å². The van der Waals surface area contributed by atoms with Crippen molar-refractivity contribution in [3.05, 3.63) is 0 Å². The Morgan fingerprint density at radius 1 is 1.35 bits per heavy atom. The van der Waals surface area contributed by atoms with Crippen molar-refractivity contribution in [2.75, 3.05) is 47.4 Å². The van der Waals surface area contributed by atoms with Crippen LogP contribution < -0.4 is 5.32 Å². The van der Waals surface area contributed by atoms with Crippen molar-refractivity contribution in [1.29, 1.82) is 0 Å². The molecule has 7 nitrogen and oxygen atoms in total. The zero-order valence-electron chi connectivity index (χ0n) is 12.5. The Morgan fingerprint density at radius 2 is 1.95 bits per heavy atom. The number of hydrogen-bond donors (Lipinski definition) is 1. The minimum Gasteiger partial charge on any atom is -0.385 e. The van der Waals surface area contributed by atoms with E-state index < -0.39 is 10.2 Å². The van der Waals surface area contributed by atoms with Crippen LogP contribution in [-0.4, -0.2) is 70.4 Å². The number of nitrogens with one attached hydrogen (secondary N) is 1. The molecule has 1 aliphatic heterocycles. The van der Waals surface area contributed by atoms with Crippen LogP contribution in [0, 0.1) is 5.92 Å². The molecule has 0 aliphatic carbocycles. The summed E-state index contributed by atoms with van der Waals surface area (Å²) in [6, 6.07) is 0. The first-order valence-corrected chi connectivity index (χ1v) is 8.23. The van der Waals surface area contributed by atoms with Gasteiger partial charge in [0.1, 0.15) is 0 Å². The fourth-order valence-electron chi connectivity index (χ4n) is 2.15. The Hall–Kier alpha value is -0.700. The van der Waals surface area contributed by atoms with Gasteiger partial charge in [-0.15, -0.1) is 0 Å². The molecule has 0 atom stereocenters. The van der Waals surface area contributed by atoms with Crippen LogP contribution in [0.4, 0.5) is 0 Å². The van der Waals surface area contributed by atoms with Crippen LogP contribution in [-0.2, 0) is 19.7 Å². The lowest BCUT2D eigenvalue weighted by molar-refractivity contribution is -0.126. The van der Waals surface area contributed by atoms with Crippen molar-refractivity contribution in [1.82, 2.24) is 13.9 Å². The highest BCUT2D eigenvalue weighted by Gasteiger charge is 2.31. The molecule has 0 bridgehead atoms. The van der Waals surface area contributed by atoms with E-state index >= 15 is 0 Å². The Labute approximate surface area is 121 Å². The summed E-state index contributed by atoms with van der Waals surface area (Å²) in [7, 11) is 1.31. The van der Waals surface area contributed by atoms with Gasteiger partial charge < -0.3 is 10.1 Å². The molecule has 0 aromatic rings. The molecular weight excluding hydrogens is 282 g/mol. The summed E-state index contributed by atoms with van der Waals surface area (Å²) in [6.07, 6.45) is 1.93.